The van der Waals surface area contributed by atoms with Gasteiger partial charge in [-0.1, -0.05) is 122 Å². The van der Waals surface area contributed by atoms with Crippen LogP contribution >= 0.6 is 0 Å². The zero-order valence-electron chi connectivity index (χ0n) is 24.0. The number of carbonyl (C=O) groups is 1. The number of carbonyl (C=O) groups excluding carboxylic acids is 1. The second kappa shape index (κ2) is 30.1. The molecule has 0 heterocycles. The van der Waals surface area contributed by atoms with Gasteiger partial charge in [-0.2, -0.15) is 0 Å². The molecule has 0 fully saturated rings. The molecule has 0 amide bonds. The van der Waals surface area contributed by atoms with Gasteiger partial charge in [0, 0.05) is 13.0 Å². The molecule has 0 aliphatic rings. The van der Waals surface area contributed by atoms with E-state index in [2.05, 4.69) is 38.2 Å². The Morgan fingerprint density at radius 1 is 0.667 bits per heavy atom. The fourth-order valence-electron chi connectivity index (χ4n) is 4.18. The number of hydrogen-bond donors (Lipinski definition) is 1. The van der Waals surface area contributed by atoms with Gasteiger partial charge in [0.1, 0.15) is 6.10 Å². The predicted octanol–water partition coefficient (Wildman–Crippen LogP) is 9.25. The molecule has 0 rings (SSSR count). The second-order valence-corrected chi connectivity index (χ2v) is 10.2. The highest BCUT2D eigenvalue weighted by molar-refractivity contribution is 5.69. The maximum Gasteiger partial charge on any atom is 0.306 e. The molecule has 1 N–H and O–H groups in total. The van der Waals surface area contributed by atoms with E-state index in [0.717, 1.165) is 25.7 Å². The lowest BCUT2D eigenvalue weighted by Gasteiger charge is -2.15. The molecule has 1 unspecified atom stereocenters. The number of rotatable bonds is 28. The van der Waals surface area contributed by atoms with Gasteiger partial charge >= 0.3 is 5.97 Å². The van der Waals surface area contributed by atoms with Gasteiger partial charge < -0.3 is 14.6 Å². The number of unbranched alkanes of at least 4 members (excludes halogenated alkanes) is 16. The average Bonchev–Trinajstić information content (AvgIpc) is 2.88. The van der Waals surface area contributed by atoms with Crippen molar-refractivity contribution >= 4 is 5.97 Å². The first kappa shape index (κ1) is 34.9. The van der Waals surface area contributed by atoms with Crippen LogP contribution in [0.4, 0.5) is 0 Å². The maximum atomic E-state index is 12.0. The zero-order chi connectivity index (χ0) is 26.4. The van der Waals surface area contributed by atoms with E-state index in [4.69, 9.17) is 9.47 Å². The summed E-state index contributed by atoms with van der Waals surface area (Å²) in [5.41, 5.74) is 0. The van der Waals surface area contributed by atoms with E-state index in [1.807, 2.05) is 0 Å². The summed E-state index contributed by atoms with van der Waals surface area (Å²) in [6, 6.07) is 0. The van der Waals surface area contributed by atoms with Gasteiger partial charge in [0.25, 0.3) is 0 Å². The molecule has 0 spiro atoms. The van der Waals surface area contributed by atoms with Crippen LogP contribution < -0.4 is 0 Å². The zero-order valence-corrected chi connectivity index (χ0v) is 24.0. The number of aliphatic hydroxyl groups is 1. The molecule has 4 heteroatoms. The van der Waals surface area contributed by atoms with Crippen molar-refractivity contribution < 1.29 is 19.4 Å². The van der Waals surface area contributed by atoms with Crippen molar-refractivity contribution in [2.45, 2.75) is 155 Å². The van der Waals surface area contributed by atoms with Gasteiger partial charge in [-0.25, -0.2) is 0 Å². The summed E-state index contributed by atoms with van der Waals surface area (Å²) < 4.78 is 11.0. The second-order valence-electron chi connectivity index (χ2n) is 10.2. The summed E-state index contributed by atoms with van der Waals surface area (Å²) >= 11 is 0. The molecule has 0 aromatic rings. The van der Waals surface area contributed by atoms with E-state index in [9.17, 15) is 9.90 Å². The monoisotopic (exact) mass is 508 g/mol. The van der Waals surface area contributed by atoms with Crippen molar-refractivity contribution in [1.29, 1.82) is 0 Å². The van der Waals surface area contributed by atoms with Gasteiger partial charge in [-0.3, -0.25) is 4.79 Å². The van der Waals surface area contributed by atoms with Crippen molar-refractivity contribution in [1.82, 2.24) is 0 Å². The molecule has 36 heavy (non-hydrogen) atoms. The van der Waals surface area contributed by atoms with Crippen LogP contribution in [-0.4, -0.2) is 37.0 Å². The highest BCUT2D eigenvalue weighted by Gasteiger charge is 2.13. The van der Waals surface area contributed by atoms with Crippen molar-refractivity contribution in [3.05, 3.63) is 24.3 Å². The van der Waals surface area contributed by atoms with E-state index >= 15 is 0 Å². The Labute approximate surface area is 224 Å². The fourth-order valence-corrected chi connectivity index (χ4v) is 4.18. The van der Waals surface area contributed by atoms with Crippen molar-refractivity contribution in [3.8, 4) is 0 Å². The Hall–Kier alpha value is -1.13. The Morgan fingerprint density at radius 2 is 1.17 bits per heavy atom. The van der Waals surface area contributed by atoms with Crippen LogP contribution in [-0.2, 0) is 14.3 Å². The third-order valence-corrected chi connectivity index (χ3v) is 6.53. The summed E-state index contributed by atoms with van der Waals surface area (Å²) in [6.07, 6.45) is 33.5. The van der Waals surface area contributed by atoms with E-state index < -0.39 is 6.10 Å². The number of ether oxygens (including phenoxy) is 2. The van der Waals surface area contributed by atoms with Crippen LogP contribution in [0.25, 0.3) is 0 Å². The summed E-state index contributed by atoms with van der Waals surface area (Å²) in [4.78, 5) is 12.0. The van der Waals surface area contributed by atoms with Gasteiger partial charge in [0.15, 0.2) is 0 Å². The van der Waals surface area contributed by atoms with Crippen molar-refractivity contribution in [3.63, 3.8) is 0 Å². The standard InChI is InChI=1S/C32H60O4/c1-3-5-7-9-11-12-13-14-15-16-17-18-19-20-21-23-25-27-32(34)36-31(29-33)30-35-28-26-24-22-10-8-6-4-2/h11-12,14-15,31,33H,3-10,13,16-30H2,1-2H3/b12-11-,15-14-. The Kier molecular flexibility index (Phi) is 29.2. The lowest BCUT2D eigenvalue weighted by molar-refractivity contribution is -0.154. The molecule has 0 aliphatic heterocycles. The van der Waals surface area contributed by atoms with Crippen LogP contribution in [0.15, 0.2) is 24.3 Å². The first-order valence-corrected chi connectivity index (χ1v) is 15.4. The van der Waals surface area contributed by atoms with Gasteiger partial charge in [-0.05, 0) is 44.9 Å². The van der Waals surface area contributed by atoms with Crippen LogP contribution in [0, 0.1) is 0 Å². The first-order valence-electron chi connectivity index (χ1n) is 15.4. The topological polar surface area (TPSA) is 55.8 Å². The van der Waals surface area contributed by atoms with E-state index in [1.54, 1.807) is 0 Å². The van der Waals surface area contributed by atoms with Gasteiger partial charge in [0.05, 0.1) is 13.2 Å². The molecular formula is C32H60O4. The summed E-state index contributed by atoms with van der Waals surface area (Å²) in [5, 5.41) is 9.45. The quantitative estimate of drug-likeness (QED) is 0.0650. The molecule has 0 aromatic heterocycles. The Morgan fingerprint density at radius 3 is 1.78 bits per heavy atom. The summed E-state index contributed by atoms with van der Waals surface area (Å²) in [5.74, 6) is -0.212. The van der Waals surface area contributed by atoms with Crippen LogP contribution in [0.3, 0.4) is 0 Å². The van der Waals surface area contributed by atoms with E-state index in [0.29, 0.717) is 19.6 Å². The highest BCUT2D eigenvalue weighted by atomic mass is 16.6. The molecule has 0 saturated carbocycles. The number of aliphatic hydroxyl groups excluding tert-OH is 1. The highest BCUT2D eigenvalue weighted by Crippen LogP contribution is 2.11. The average molecular weight is 509 g/mol. The van der Waals surface area contributed by atoms with Gasteiger partial charge in [0.2, 0.25) is 0 Å². The lowest BCUT2D eigenvalue weighted by Crippen LogP contribution is -2.27. The predicted molar refractivity (Wildman–Crippen MR) is 154 cm³/mol. The number of hydrogen-bond acceptors (Lipinski definition) is 4. The molecule has 4 nitrogen and oxygen atoms in total. The molecule has 0 aromatic carbocycles. The number of allylic oxidation sites excluding steroid dienone is 4. The van der Waals surface area contributed by atoms with Crippen LogP contribution in [0.1, 0.15) is 149 Å². The van der Waals surface area contributed by atoms with Crippen molar-refractivity contribution in [2.24, 2.45) is 0 Å². The molecule has 212 valence electrons. The van der Waals surface area contributed by atoms with Crippen LogP contribution in [0.2, 0.25) is 0 Å². The third-order valence-electron chi connectivity index (χ3n) is 6.53. The first-order chi connectivity index (χ1) is 17.7. The van der Waals surface area contributed by atoms with E-state index in [-0.39, 0.29) is 12.6 Å². The minimum atomic E-state index is -0.530. The molecule has 0 bridgehead atoms. The van der Waals surface area contributed by atoms with Gasteiger partial charge in [-0.15, -0.1) is 0 Å². The van der Waals surface area contributed by atoms with Crippen molar-refractivity contribution in [2.75, 3.05) is 19.8 Å². The molecule has 0 aliphatic carbocycles. The summed E-state index contributed by atoms with van der Waals surface area (Å²) in [6.45, 7) is 5.28. The molecular weight excluding hydrogens is 448 g/mol. The third kappa shape index (κ3) is 27.5. The minimum absolute atomic E-state index is 0.173. The Bertz CT molecular complexity index is 500. The largest absolute Gasteiger partial charge is 0.457 e. The molecule has 0 radical (unpaired) electrons. The number of esters is 1. The summed E-state index contributed by atoms with van der Waals surface area (Å²) in [7, 11) is 0. The van der Waals surface area contributed by atoms with E-state index in [1.165, 1.54) is 103 Å². The Balaban J connectivity index is 3.47. The molecule has 1 atom stereocenters. The fraction of sp³-hybridized carbons (Fsp3) is 0.844. The maximum absolute atomic E-state index is 12.0. The van der Waals surface area contributed by atoms with Crippen LogP contribution in [0.5, 0.6) is 0 Å². The minimum Gasteiger partial charge on any atom is -0.457 e. The smallest absolute Gasteiger partial charge is 0.306 e. The SMILES string of the molecule is CCCCC/C=C\C/C=C\CCCCCCCCCC(=O)OC(CO)COCCCCCCCCC. The normalized spacial score (nSPS) is 12.6. The molecule has 0 saturated heterocycles. The lowest BCUT2D eigenvalue weighted by atomic mass is 10.1.